The molecule has 0 saturated heterocycles. The minimum Gasteiger partial charge on any atom is -0.474 e. The van der Waals surface area contributed by atoms with Crippen molar-refractivity contribution in [2.75, 3.05) is 6.26 Å². The standard InChI is InChI=1S/C9H15NO3S/c1-14-7-5-3-2-4-6(7)10-8(11)9(12)13/h6-7H,2-5H2,1H3,(H,10,11)(H,12,13). The van der Waals surface area contributed by atoms with Gasteiger partial charge in [0.2, 0.25) is 0 Å². The number of rotatable bonds is 2. The fourth-order valence-electron chi connectivity index (χ4n) is 1.77. The molecule has 0 aromatic heterocycles. The maximum atomic E-state index is 11.0. The number of nitrogens with one attached hydrogen (secondary N) is 1. The maximum Gasteiger partial charge on any atom is 0.394 e. The van der Waals surface area contributed by atoms with Crippen LogP contribution in [0.1, 0.15) is 25.7 Å². The predicted molar refractivity (Wildman–Crippen MR) is 55.3 cm³/mol. The van der Waals surface area contributed by atoms with E-state index in [1.54, 1.807) is 11.8 Å². The van der Waals surface area contributed by atoms with Crippen molar-refractivity contribution in [3.8, 4) is 0 Å². The van der Waals surface area contributed by atoms with Crippen molar-refractivity contribution in [2.24, 2.45) is 0 Å². The third-order valence-corrected chi connectivity index (χ3v) is 3.69. The lowest BCUT2D eigenvalue weighted by molar-refractivity contribution is -0.150. The molecule has 0 spiro atoms. The molecule has 1 amide bonds. The molecule has 0 aromatic carbocycles. The van der Waals surface area contributed by atoms with Crippen LogP contribution in [0, 0.1) is 0 Å². The molecule has 2 N–H and O–H groups in total. The van der Waals surface area contributed by atoms with Gasteiger partial charge in [0.25, 0.3) is 0 Å². The fourth-order valence-corrected chi connectivity index (χ4v) is 2.71. The minimum atomic E-state index is -1.39. The third-order valence-electron chi connectivity index (χ3n) is 2.52. The average molecular weight is 217 g/mol. The number of carbonyl (C=O) groups is 2. The van der Waals surface area contributed by atoms with Gasteiger partial charge in [-0.05, 0) is 19.1 Å². The molecular formula is C9H15NO3S. The molecule has 1 fully saturated rings. The molecule has 80 valence electrons. The van der Waals surface area contributed by atoms with E-state index in [0.717, 1.165) is 19.3 Å². The predicted octanol–water partition coefficient (Wildman–Crippen LogP) is 0.861. The second-order valence-electron chi connectivity index (χ2n) is 3.44. The van der Waals surface area contributed by atoms with Crippen LogP contribution in [0.4, 0.5) is 0 Å². The Balaban J connectivity index is 2.48. The first kappa shape index (κ1) is 11.4. The van der Waals surface area contributed by atoms with E-state index in [-0.39, 0.29) is 6.04 Å². The molecule has 5 heteroatoms. The van der Waals surface area contributed by atoms with Crippen LogP contribution < -0.4 is 5.32 Å². The van der Waals surface area contributed by atoms with E-state index in [2.05, 4.69) is 5.32 Å². The lowest BCUT2D eigenvalue weighted by Gasteiger charge is -2.30. The number of carbonyl (C=O) groups excluding carboxylic acids is 1. The van der Waals surface area contributed by atoms with Gasteiger partial charge in [-0.25, -0.2) is 4.79 Å². The van der Waals surface area contributed by atoms with Crippen molar-refractivity contribution in [1.82, 2.24) is 5.32 Å². The molecule has 0 heterocycles. The summed E-state index contributed by atoms with van der Waals surface area (Å²) in [6.07, 6.45) is 6.19. The van der Waals surface area contributed by atoms with E-state index < -0.39 is 11.9 Å². The number of carboxylic acids is 1. The summed E-state index contributed by atoms with van der Waals surface area (Å²) < 4.78 is 0. The highest BCUT2D eigenvalue weighted by atomic mass is 32.2. The summed E-state index contributed by atoms with van der Waals surface area (Å²) in [6, 6.07) is 0.0300. The second kappa shape index (κ2) is 5.24. The zero-order valence-electron chi connectivity index (χ0n) is 8.16. The molecule has 1 saturated carbocycles. The zero-order chi connectivity index (χ0) is 10.6. The molecule has 0 aromatic rings. The molecule has 2 unspecified atom stereocenters. The first-order chi connectivity index (χ1) is 6.65. The topological polar surface area (TPSA) is 66.4 Å². The highest BCUT2D eigenvalue weighted by Gasteiger charge is 2.27. The lowest BCUT2D eigenvalue weighted by atomic mass is 9.95. The normalized spacial score (nSPS) is 26.9. The zero-order valence-corrected chi connectivity index (χ0v) is 8.97. The van der Waals surface area contributed by atoms with Gasteiger partial charge in [0.05, 0.1) is 0 Å². The van der Waals surface area contributed by atoms with Gasteiger partial charge in [0.1, 0.15) is 0 Å². The smallest absolute Gasteiger partial charge is 0.394 e. The molecule has 0 radical (unpaired) electrons. The summed E-state index contributed by atoms with van der Waals surface area (Å²) in [4.78, 5) is 21.3. The van der Waals surface area contributed by atoms with Crippen LogP contribution in [0.5, 0.6) is 0 Å². The van der Waals surface area contributed by atoms with Gasteiger partial charge in [-0.15, -0.1) is 0 Å². The number of carboxylic acid groups (broad SMARTS) is 1. The molecule has 14 heavy (non-hydrogen) atoms. The van der Waals surface area contributed by atoms with E-state index in [9.17, 15) is 9.59 Å². The summed E-state index contributed by atoms with van der Waals surface area (Å²) in [5, 5.41) is 11.4. The second-order valence-corrected chi connectivity index (χ2v) is 4.52. The van der Waals surface area contributed by atoms with Gasteiger partial charge in [0.15, 0.2) is 0 Å². The fraction of sp³-hybridized carbons (Fsp3) is 0.778. The quantitative estimate of drug-likeness (QED) is 0.673. The summed E-state index contributed by atoms with van der Waals surface area (Å²) in [5.41, 5.74) is 0. The van der Waals surface area contributed by atoms with Gasteiger partial charge in [-0.1, -0.05) is 12.8 Å². The Labute approximate surface area is 87.4 Å². The van der Waals surface area contributed by atoms with Crippen LogP contribution in [0.25, 0.3) is 0 Å². The van der Waals surface area contributed by atoms with E-state index in [1.165, 1.54) is 6.42 Å². The van der Waals surface area contributed by atoms with Crippen molar-refractivity contribution in [3.63, 3.8) is 0 Å². The first-order valence-electron chi connectivity index (χ1n) is 4.71. The van der Waals surface area contributed by atoms with Gasteiger partial charge >= 0.3 is 11.9 Å². The van der Waals surface area contributed by atoms with E-state index in [4.69, 9.17) is 5.11 Å². The van der Waals surface area contributed by atoms with Crippen molar-refractivity contribution in [1.29, 1.82) is 0 Å². The van der Waals surface area contributed by atoms with E-state index in [1.807, 2.05) is 6.26 Å². The summed E-state index contributed by atoms with van der Waals surface area (Å²) in [5.74, 6) is -2.27. The van der Waals surface area contributed by atoms with Crippen molar-refractivity contribution >= 4 is 23.6 Å². The molecule has 4 nitrogen and oxygen atoms in total. The highest BCUT2D eigenvalue weighted by Crippen LogP contribution is 2.26. The molecule has 0 bridgehead atoms. The van der Waals surface area contributed by atoms with Crippen molar-refractivity contribution < 1.29 is 14.7 Å². The molecule has 1 aliphatic carbocycles. The largest absolute Gasteiger partial charge is 0.474 e. The minimum absolute atomic E-state index is 0.0300. The Morgan fingerprint density at radius 2 is 2.00 bits per heavy atom. The Hall–Kier alpha value is -0.710. The SMILES string of the molecule is CSC1CCCCC1NC(=O)C(=O)O. The number of amides is 1. The van der Waals surface area contributed by atoms with Gasteiger partial charge in [0, 0.05) is 11.3 Å². The Kier molecular flexibility index (Phi) is 4.25. The highest BCUT2D eigenvalue weighted by molar-refractivity contribution is 7.99. The van der Waals surface area contributed by atoms with Gasteiger partial charge in [-0.2, -0.15) is 11.8 Å². The van der Waals surface area contributed by atoms with Crippen LogP contribution in [0.2, 0.25) is 0 Å². The average Bonchev–Trinajstić information content (AvgIpc) is 2.18. The van der Waals surface area contributed by atoms with Crippen LogP contribution in [-0.2, 0) is 9.59 Å². The van der Waals surface area contributed by atoms with Crippen molar-refractivity contribution in [2.45, 2.75) is 37.0 Å². The van der Waals surface area contributed by atoms with E-state index >= 15 is 0 Å². The molecular weight excluding hydrogens is 202 g/mol. The molecule has 0 aliphatic heterocycles. The third kappa shape index (κ3) is 2.90. The number of thioether (sulfide) groups is 1. The number of hydrogen-bond acceptors (Lipinski definition) is 3. The molecule has 1 rings (SSSR count). The van der Waals surface area contributed by atoms with Gasteiger partial charge < -0.3 is 10.4 Å². The first-order valence-corrected chi connectivity index (χ1v) is 6.00. The Bertz CT molecular complexity index is 232. The Morgan fingerprint density at radius 3 is 2.57 bits per heavy atom. The lowest BCUT2D eigenvalue weighted by Crippen LogP contribution is -2.46. The number of aliphatic carboxylic acids is 1. The molecule has 2 atom stereocenters. The van der Waals surface area contributed by atoms with Crippen molar-refractivity contribution in [3.05, 3.63) is 0 Å². The maximum absolute atomic E-state index is 11.0. The van der Waals surface area contributed by atoms with Gasteiger partial charge in [-0.3, -0.25) is 4.79 Å². The van der Waals surface area contributed by atoms with Crippen LogP contribution in [0.15, 0.2) is 0 Å². The van der Waals surface area contributed by atoms with Crippen LogP contribution >= 0.6 is 11.8 Å². The summed E-state index contributed by atoms with van der Waals surface area (Å²) in [6.45, 7) is 0. The van der Waals surface area contributed by atoms with E-state index in [0.29, 0.717) is 5.25 Å². The Morgan fingerprint density at radius 1 is 1.36 bits per heavy atom. The molecule has 1 aliphatic rings. The number of hydrogen-bond donors (Lipinski definition) is 2. The van der Waals surface area contributed by atoms with Crippen LogP contribution in [0.3, 0.4) is 0 Å². The summed E-state index contributed by atoms with van der Waals surface area (Å²) >= 11 is 1.70. The summed E-state index contributed by atoms with van der Waals surface area (Å²) in [7, 11) is 0. The monoisotopic (exact) mass is 217 g/mol. The van der Waals surface area contributed by atoms with Crippen LogP contribution in [-0.4, -0.2) is 34.5 Å².